The Hall–Kier alpha value is -4.58. The molecule has 8 atom stereocenters. The molecule has 0 aromatic rings. The van der Waals surface area contributed by atoms with E-state index in [4.69, 9.17) is 11.5 Å². The summed E-state index contributed by atoms with van der Waals surface area (Å²) in [6.45, 7) is 1.40. The number of nitrogens with one attached hydrogen (secondary N) is 6. The van der Waals surface area contributed by atoms with Gasteiger partial charge >= 0.3 is 5.97 Å². The molecule has 2 aliphatic heterocycles. The van der Waals surface area contributed by atoms with Gasteiger partial charge in [0.15, 0.2) is 0 Å². The zero-order chi connectivity index (χ0) is 44.9. The minimum atomic E-state index is -1.54. The van der Waals surface area contributed by atoms with Crippen LogP contribution in [0.15, 0.2) is 0 Å². The standard InChI is InChI=1S/C37H64N10O12S/c1-4-21(2)30(37(58)59)45-32(53)22(9-5-6-13-38)43-33(54)24(19-48)42-29(51)18-40-34(55)26-10-7-14-46(26)36(57)27-11-8-15-47(27)35(56)25(20-49)44-31(52)23(12-16-60-3)41-28(50)17-39/h21-27,30,48-49H,4-20,38-39H2,1-3H3,(H,40,55)(H,41,50)(H,42,51)(H,43,54)(H,44,52)(H,45,53)(H,58,59)/t21-,22-,23-,24-,25-,26-,27-,30-/m0/s1. The van der Waals surface area contributed by atoms with E-state index in [9.17, 15) is 58.5 Å². The van der Waals surface area contributed by atoms with E-state index in [1.807, 2.05) is 6.26 Å². The second kappa shape index (κ2) is 26.6. The van der Waals surface area contributed by atoms with Crippen molar-refractivity contribution >= 4 is 65.0 Å². The van der Waals surface area contributed by atoms with E-state index in [1.54, 1.807) is 13.8 Å². The molecule has 2 heterocycles. The van der Waals surface area contributed by atoms with Gasteiger partial charge in [-0.05, 0) is 75.8 Å². The molecule has 0 aromatic carbocycles. The maximum absolute atomic E-state index is 13.9. The molecule has 0 saturated carbocycles. The molecule has 8 amide bonds. The van der Waals surface area contributed by atoms with E-state index in [2.05, 4.69) is 31.9 Å². The molecule has 60 heavy (non-hydrogen) atoms. The normalized spacial score (nSPS) is 19.2. The summed E-state index contributed by atoms with van der Waals surface area (Å²) < 4.78 is 0. The number of hydrogen-bond donors (Lipinski definition) is 11. The molecule has 22 nitrogen and oxygen atoms in total. The number of carboxylic acids is 1. The summed E-state index contributed by atoms with van der Waals surface area (Å²) >= 11 is 1.44. The van der Waals surface area contributed by atoms with Gasteiger partial charge in [0.2, 0.25) is 47.3 Å². The van der Waals surface area contributed by atoms with Crippen LogP contribution in [0.4, 0.5) is 0 Å². The maximum Gasteiger partial charge on any atom is 0.326 e. The quantitative estimate of drug-likeness (QED) is 0.0365. The van der Waals surface area contributed by atoms with E-state index in [0.29, 0.717) is 44.4 Å². The number of nitrogens with two attached hydrogens (primary N) is 2. The van der Waals surface area contributed by atoms with Crippen LogP contribution in [-0.2, 0) is 43.2 Å². The summed E-state index contributed by atoms with van der Waals surface area (Å²) in [6.07, 6.45) is 4.90. The summed E-state index contributed by atoms with van der Waals surface area (Å²) in [6, 6.07) is -8.41. The van der Waals surface area contributed by atoms with Crippen molar-refractivity contribution in [2.45, 2.75) is 114 Å². The molecule has 2 rings (SSSR count). The molecule has 0 unspecified atom stereocenters. The van der Waals surface area contributed by atoms with Crippen LogP contribution >= 0.6 is 11.8 Å². The first-order chi connectivity index (χ1) is 28.6. The molecule has 0 bridgehead atoms. The minimum absolute atomic E-state index is 0.0984. The van der Waals surface area contributed by atoms with Crippen LogP contribution in [0, 0.1) is 5.92 Å². The molecule has 2 fully saturated rings. The predicted octanol–water partition coefficient (Wildman–Crippen LogP) is -4.54. The van der Waals surface area contributed by atoms with Crippen LogP contribution in [0.1, 0.15) is 71.6 Å². The summed E-state index contributed by atoms with van der Waals surface area (Å²) in [5.41, 5.74) is 10.9. The molecular formula is C37H64N10O12S. The predicted molar refractivity (Wildman–Crippen MR) is 218 cm³/mol. The summed E-state index contributed by atoms with van der Waals surface area (Å²) in [5, 5.41) is 44.3. The second-order valence-corrected chi connectivity index (χ2v) is 15.8. The number of likely N-dealkylation sites (tertiary alicyclic amines) is 2. The Bertz CT molecular complexity index is 1510. The molecule has 0 aliphatic carbocycles. The SMILES string of the molecule is CC[C@H](C)[C@H](NC(=O)[C@H](CCCCN)NC(=O)[C@H](CO)NC(=O)CNC(=O)[C@@H]1CCCN1C(=O)[C@@H]1CCCN1C(=O)[C@H](CO)NC(=O)[C@H](CCSC)NC(=O)CN)C(=O)O. The van der Waals surface area contributed by atoms with Gasteiger partial charge in [0.05, 0.1) is 26.3 Å². The highest BCUT2D eigenvalue weighted by Gasteiger charge is 2.44. The van der Waals surface area contributed by atoms with E-state index in [0.717, 1.165) is 0 Å². The highest BCUT2D eigenvalue weighted by atomic mass is 32.2. The molecule has 13 N–H and O–H groups in total. The monoisotopic (exact) mass is 872 g/mol. The largest absolute Gasteiger partial charge is 0.480 e. The first-order valence-electron chi connectivity index (χ1n) is 20.3. The Labute approximate surface area is 353 Å². The molecule has 0 aromatic heterocycles. The summed E-state index contributed by atoms with van der Waals surface area (Å²) in [7, 11) is 0. The average Bonchev–Trinajstić information content (AvgIpc) is 3.94. The lowest BCUT2D eigenvalue weighted by Crippen LogP contribution is -2.59. The lowest BCUT2D eigenvalue weighted by atomic mass is 9.98. The number of carbonyl (C=O) groups excluding carboxylic acids is 8. The van der Waals surface area contributed by atoms with Crippen molar-refractivity contribution in [3.8, 4) is 0 Å². The molecule has 340 valence electrons. The highest BCUT2D eigenvalue weighted by molar-refractivity contribution is 7.98. The van der Waals surface area contributed by atoms with Crippen molar-refractivity contribution in [2.75, 3.05) is 57.9 Å². The van der Waals surface area contributed by atoms with Crippen molar-refractivity contribution < 1.29 is 58.5 Å². The second-order valence-electron chi connectivity index (χ2n) is 14.8. The zero-order valence-electron chi connectivity index (χ0n) is 34.6. The number of carbonyl (C=O) groups is 9. The van der Waals surface area contributed by atoms with Crippen molar-refractivity contribution in [2.24, 2.45) is 17.4 Å². The van der Waals surface area contributed by atoms with Crippen LogP contribution in [0.2, 0.25) is 0 Å². The number of aliphatic hydroxyl groups is 2. The van der Waals surface area contributed by atoms with Gasteiger partial charge in [-0.3, -0.25) is 38.4 Å². The summed E-state index contributed by atoms with van der Waals surface area (Å²) in [4.78, 5) is 119. The van der Waals surface area contributed by atoms with Gasteiger partial charge in [-0.25, -0.2) is 4.79 Å². The first kappa shape index (κ1) is 51.6. The van der Waals surface area contributed by atoms with E-state index >= 15 is 0 Å². The maximum atomic E-state index is 13.9. The Morgan fingerprint density at radius 2 is 1.30 bits per heavy atom. The van der Waals surface area contributed by atoms with Crippen LogP contribution in [0.5, 0.6) is 0 Å². The first-order valence-corrected chi connectivity index (χ1v) is 21.7. The van der Waals surface area contributed by atoms with Crippen molar-refractivity contribution in [1.29, 1.82) is 0 Å². The molecule has 23 heteroatoms. The van der Waals surface area contributed by atoms with Crippen LogP contribution in [-0.4, -0.2) is 179 Å². The van der Waals surface area contributed by atoms with Gasteiger partial charge < -0.3 is 68.5 Å². The Morgan fingerprint density at radius 1 is 0.733 bits per heavy atom. The van der Waals surface area contributed by atoms with Gasteiger partial charge in [-0.2, -0.15) is 11.8 Å². The number of thioether (sulfide) groups is 1. The van der Waals surface area contributed by atoms with Gasteiger partial charge in [0, 0.05) is 13.1 Å². The number of aliphatic carboxylic acids is 1. The van der Waals surface area contributed by atoms with E-state index < -0.39 is 121 Å². The van der Waals surface area contributed by atoms with E-state index in [1.165, 1.54) is 21.6 Å². The number of amides is 8. The number of hydrogen-bond acceptors (Lipinski definition) is 14. The Balaban J connectivity index is 2.05. The lowest BCUT2D eigenvalue weighted by molar-refractivity contribution is -0.148. The Kier molecular flexibility index (Phi) is 22.9. The van der Waals surface area contributed by atoms with Gasteiger partial charge in [-0.1, -0.05) is 20.3 Å². The highest BCUT2D eigenvalue weighted by Crippen LogP contribution is 2.26. The van der Waals surface area contributed by atoms with Gasteiger partial charge in [0.25, 0.3) is 0 Å². The fourth-order valence-corrected chi connectivity index (χ4v) is 7.36. The van der Waals surface area contributed by atoms with Gasteiger partial charge in [0.1, 0.15) is 42.3 Å². The third-order valence-electron chi connectivity index (χ3n) is 10.5. The third-order valence-corrected chi connectivity index (χ3v) is 11.2. The number of nitrogens with zero attached hydrogens (tertiary/aromatic N) is 2. The Morgan fingerprint density at radius 3 is 1.88 bits per heavy atom. The van der Waals surface area contributed by atoms with Crippen LogP contribution < -0.4 is 43.4 Å². The fourth-order valence-electron chi connectivity index (χ4n) is 6.89. The molecule has 2 aliphatic rings. The van der Waals surface area contributed by atoms with Crippen molar-refractivity contribution in [1.82, 2.24) is 41.7 Å². The van der Waals surface area contributed by atoms with Crippen molar-refractivity contribution in [3.05, 3.63) is 0 Å². The smallest absolute Gasteiger partial charge is 0.326 e. The van der Waals surface area contributed by atoms with E-state index in [-0.39, 0.29) is 45.3 Å². The number of unbranched alkanes of at least 4 members (excludes halogenated alkanes) is 1. The topological polar surface area (TPSA) is 345 Å². The molecule has 2 saturated heterocycles. The lowest BCUT2D eigenvalue weighted by Gasteiger charge is -2.33. The van der Waals surface area contributed by atoms with Gasteiger partial charge in [-0.15, -0.1) is 0 Å². The zero-order valence-corrected chi connectivity index (χ0v) is 35.4. The minimum Gasteiger partial charge on any atom is -0.480 e. The third kappa shape index (κ3) is 15.5. The average molecular weight is 873 g/mol. The number of rotatable bonds is 26. The number of aliphatic hydroxyl groups excluding tert-OH is 2. The van der Waals surface area contributed by atoms with Crippen molar-refractivity contribution in [3.63, 3.8) is 0 Å². The van der Waals surface area contributed by atoms with Crippen LogP contribution in [0.3, 0.4) is 0 Å². The molecule has 0 radical (unpaired) electrons. The molecular weight excluding hydrogens is 809 g/mol. The summed E-state index contributed by atoms with van der Waals surface area (Å²) in [5.74, 6) is -6.92. The number of carboxylic acid groups (broad SMARTS) is 1. The fraction of sp³-hybridized carbons (Fsp3) is 0.757. The van der Waals surface area contributed by atoms with Crippen LogP contribution in [0.25, 0.3) is 0 Å². The molecule has 0 spiro atoms.